The molecule has 93 heavy (non-hydrogen) atoms. The van der Waals surface area contributed by atoms with Crippen LogP contribution in [0.2, 0.25) is 0 Å². The molecule has 0 saturated carbocycles. The third-order valence-corrected chi connectivity index (χ3v) is 21.8. The van der Waals surface area contributed by atoms with Crippen LogP contribution in [-0.2, 0) is 91.3 Å². The number of thioether (sulfide) groups is 3. The van der Waals surface area contributed by atoms with Crippen molar-refractivity contribution in [3.63, 3.8) is 0 Å². The van der Waals surface area contributed by atoms with E-state index in [2.05, 4.69) is 50.4 Å². The summed E-state index contributed by atoms with van der Waals surface area (Å²) in [5.74, 6) is -0.0818. The Bertz CT molecular complexity index is 2580. The first kappa shape index (κ1) is 87.8. The van der Waals surface area contributed by atoms with Crippen LogP contribution in [0.15, 0.2) is 53.7 Å². The average molecular weight is 1480 g/mol. The van der Waals surface area contributed by atoms with Crippen molar-refractivity contribution in [2.24, 2.45) is 5.73 Å². The lowest BCUT2D eigenvalue weighted by atomic mass is 10.4. The Kier molecular flexibility index (Phi) is 50.0. The first-order valence-electron chi connectivity index (χ1n) is 28.8. The third-order valence-electron chi connectivity index (χ3n) is 10.1. The first-order chi connectivity index (χ1) is 44.2. The number of hydrogen-bond donors (Lipinski definition) is 3. The van der Waals surface area contributed by atoms with E-state index in [9.17, 15) is 71.9 Å². The number of hydroxylamine groups is 10. The number of nitrogens with two attached hydrogens (primary N) is 1. The normalized spacial score (nSPS) is 16.8. The van der Waals surface area contributed by atoms with Gasteiger partial charge in [-0.2, -0.15) is 0 Å². The van der Waals surface area contributed by atoms with Crippen LogP contribution in [0.25, 0.3) is 0 Å². The topological polar surface area (TPSA) is 380 Å². The molecule has 1 aromatic heterocycles. The van der Waals surface area contributed by atoms with Crippen molar-refractivity contribution in [1.29, 1.82) is 0 Å². The van der Waals surface area contributed by atoms with Crippen molar-refractivity contribution < 1.29 is 96.5 Å². The van der Waals surface area contributed by atoms with Crippen LogP contribution < -0.4 is 11.1 Å². The number of rotatable bonds is 30. The van der Waals surface area contributed by atoms with E-state index >= 15 is 0 Å². The van der Waals surface area contributed by atoms with E-state index < -0.39 is 98.7 Å². The predicted molar refractivity (Wildman–Crippen MR) is 364 cm³/mol. The summed E-state index contributed by atoms with van der Waals surface area (Å²) in [6, 6.07) is 5.78. The largest absolute Gasteiger partial charge is 0.356 e. The highest BCUT2D eigenvalue weighted by Crippen LogP contribution is 2.33. The van der Waals surface area contributed by atoms with Crippen molar-refractivity contribution in [2.45, 2.75) is 147 Å². The van der Waals surface area contributed by atoms with E-state index in [4.69, 9.17) is 10.9 Å². The lowest BCUT2D eigenvalue weighted by molar-refractivity contribution is -0.195. The van der Waals surface area contributed by atoms with Gasteiger partial charge in [-0.3, -0.25) is 57.9 Å². The molecule has 3 fully saturated rings. The Morgan fingerprint density at radius 2 is 0.839 bits per heavy atom. The number of imide groups is 5. The standard InChI is InChI=1S/C14H16N2O4S3.2C12H19NO4S3.C6H5NO4.C5H11NO.C4H3NO3.C3H9N/c1-10(17)20-16-13(18)9-11(14(16)19)21-7-4-8-22-23-12-5-2-3-6-15-12;2*1-3-5-19-20-7-4-6-18-10-8-11(15)13(12(10)16)17-9(2)14;1-4(8)11-7-5(9)2-3-6(7)10;1-3-4-6-5(2)7;6-3-1-2-4(7)5(3)8;1-2-3-4/h2-3,5-6,11H,4,7-9H2,1H3;2*10H,3-8H2,1-2H3;2-3H,1H3;3-4H2,1-2H3,(H,6,7);1-2,8H;2-4H2,1H3. The Morgan fingerprint density at radius 3 is 1.12 bits per heavy atom. The summed E-state index contributed by atoms with van der Waals surface area (Å²) >= 11 is 4.36. The number of nitrogens with one attached hydrogen (secondary N) is 1. The van der Waals surface area contributed by atoms with E-state index in [1.54, 1.807) is 27.8 Å². The van der Waals surface area contributed by atoms with Crippen molar-refractivity contribution in [1.82, 2.24) is 35.6 Å². The van der Waals surface area contributed by atoms with Gasteiger partial charge in [0.15, 0.2) is 0 Å². The van der Waals surface area contributed by atoms with Crippen LogP contribution in [0.5, 0.6) is 0 Å². The van der Waals surface area contributed by atoms with E-state index in [0.717, 1.165) is 134 Å². The molecule has 6 heterocycles. The van der Waals surface area contributed by atoms with E-state index in [-0.39, 0.29) is 30.2 Å². The van der Waals surface area contributed by atoms with Crippen molar-refractivity contribution in [2.75, 3.05) is 59.1 Å². The summed E-state index contributed by atoms with van der Waals surface area (Å²) in [5, 5.41) is 13.0. The molecule has 0 aromatic carbocycles. The fraction of sp³-hybridized carbons (Fsp3) is 0.571. The van der Waals surface area contributed by atoms with Gasteiger partial charge in [0.2, 0.25) is 5.91 Å². The lowest BCUT2D eigenvalue weighted by Gasteiger charge is -2.12. The number of pyridine rings is 1. The maximum absolute atomic E-state index is 11.9. The highest BCUT2D eigenvalue weighted by atomic mass is 33.1. The second-order valence-electron chi connectivity index (χ2n) is 18.4. The highest BCUT2D eigenvalue weighted by molar-refractivity contribution is 8.77. The molecule has 4 N–H and O–H groups in total. The summed E-state index contributed by atoms with van der Waals surface area (Å²) in [7, 11) is 10.7. The Balaban J connectivity index is 0.00000112. The molecule has 5 aliphatic rings. The number of carbonyl (C=O) groups is 15. The predicted octanol–water partition coefficient (Wildman–Crippen LogP) is 7.14. The second kappa shape index (κ2) is 53.0. The summed E-state index contributed by atoms with van der Waals surface area (Å²) in [5.41, 5.74) is 5.03. The minimum Gasteiger partial charge on any atom is -0.356 e. The van der Waals surface area contributed by atoms with Crippen LogP contribution in [0.3, 0.4) is 0 Å². The second-order valence-corrected chi connectivity index (χ2v) is 30.2. The number of carbonyl (C=O) groups excluding carboxylic acids is 15. The summed E-state index contributed by atoms with van der Waals surface area (Å²) < 4.78 is 0. The summed E-state index contributed by atoms with van der Waals surface area (Å²) in [6.45, 7) is 16.2. The zero-order valence-corrected chi connectivity index (χ0v) is 60.5. The van der Waals surface area contributed by atoms with Gasteiger partial charge in [-0.25, -0.2) is 24.2 Å². The highest BCUT2D eigenvalue weighted by Gasteiger charge is 2.43. The molecule has 3 saturated heterocycles. The molecule has 1 aromatic rings. The molecule has 0 spiro atoms. The number of nitrogens with zero attached hydrogens (tertiary/aromatic N) is 6. The minimum absolute atomic E-state index is 0.0556. The zero-order chi connectivity index (χ0) is 70.3. The molecule has 5 aliphatic heterocycles. The fourth-order valence-electron chi connectivity index (χ4n) is 6.04. The van der Waals surface area contributed by atoms with Gasteiger partial charge in [0.25, 0.3) is 59.1 Å². The third kappa shape index (κ3) is 40.0. The van der Waals surface area contributed by atoms with Gasteiger partial charge in [0.1, 0.15) is 5.03 Å². The lowest BCUT2D eigenvalue weighted by Crippen LogP contribution is -2.33. The van der Waals surface area contributed by atoms with Gasteiger partial charge in [-0.1, -0.05) is 92.8 Å². The molecule has 6 rings (SSSR count). The summed E-state index contributed by atoms with van der Waals surface area (Å²) in [4.78, 5) is 187. The molecule has 520 valence electrons. The van der Waals surface area contributed by atoms with Crippen LogP contribution in [-0.4, -0.2) is 199 Å². The molecule has 3 atom stereocenters. The monoisotopic (exact) mass is 1470 g/mol. The molecular weight excluding hydrogens is 1390 g/mol. The molecule has 3 unspecified atom stereocenters. The smallest absolute Gasteiger partial charge is 0.330 e. The maximum Gasteiger partial charge on any atom is 0.330 e. The molecule has 0 bridgehead atoms. The van der Waals surface area contributed by atoms with Crippen LogP contribution >= 0.6 is 100 Å². The van der Waals surface area contributed by atoms with Gasteiger partial charge in [-0.05, 0) is 91.7 Å². The van der Waals surface area contributed by atoms with Gasteiger partial charge in [0, 0.05) is 100 Å². The van der Waals surface area contributed by atoms with Crippen LogP contribution in [0.4, 0.5) is 0 Å². The maximum atomic E-state index is 11.9. The SMILES string of the molecule is CC(=O)ON1C(=O)C=CC1=O.CC(=O)ON1C(=O)CC(SCCCSSc2ccccn2)C1=O.CCCN.CCCNC(C)=O.CCCSSCCCSC1CC(=O)N(OC(C)=O)C1=O.CCCSSCCCSC1CC(=O)N(OC(C)=O)C1=O.O=C1C=CC(=O)N1O. The molecule has 0 aliphatic carbocycles. The number of aromatic nitrogens is 1. The summed E-state index contributed by atoms with van der Waals surface area (Å²) in [6.07, 6.45) is 13.5. The van der Waals surface area contributed by atoms with Crippen LogP contribution in [0.1, 0.15) is 127 Å². The Labute approximate surface area is 577 Å². The first-order valence-corrected chi connectivity index (χ1v) is 39.3. The fourth-order valence-corrected chi connectivity index (χ4v) is 16.3. The van der Waals surface area contributed by atoms with Crippen molar-refractivity contribution >= 4 is 189 Å². The van der Waals surface area contributed by atoms with E-state index in [1.165, 1.54) is 68.9 Å². The quantitative estimate of drug-likeness (QED) is 0.0298. The van der Waals surface area contributed by atoms with Gasteiger partial charge in [0.05, 0.1) is 35.0 Å². The van der Waals surface area contributed by atoms with Crippen molar-refractivity contribution in [3.05, 3.63) is 48.7 Å². The number of amides is 11. The van der Waals surface area contributed by atoms with E-state index in [0.29, 0.717) is 20.3 Å². The molecule has 11 amide bonds. The van der Waals surface area contributed by atoms with Gasteiger partial charge in [-0.15, -0.1) is 55.5 Å². The number of hydrogen-bond acceptors (Lipinski definition) is 31. The van der Waals surface area contributed by atoms with Crippen LogP contribution in [0, 0.1) is 0 Å². The van der Waals surface area contributed by atoms with Gasteiger partial charge < -0.3 is 30.4 Å². The molecular formula is C56H82N8O20S9. The average Bonchev–Trinajstić information content (AvgIpc) is 1.74. The van der Waals surface area contributed by atoms with Gasteiger partial charge >= 0.3 is 23.9 Å². The zero-order valence-electron chi connectivity index (χ0n) is 53.1. The van der Waals surface area contributed by atoms with Crippen molar-refractivity contribution in [3.8, 4) is 0 Å². The Morgan fingerprint density at radius 1 is 0.495 bits per heavy atom. The molecule has 37 heteroatoms. The Hall–Kier alpha value is -5.25. The van der Waals surface area contributed by atoms with E-state index in [1.807, 2.05) is 68.3 Å². The molecule has 0 radical (unpaired) electrons. The molecule has 28 nitrogen and oxygen atoms in total. The minimum atomic E-state index is -0.699.